The zero-order chi connectivity index (χ0) is 17.9. The molecule has 0 heterocycles. The molecule has 0 spiro atoms. The van der Waals surface area contributed by atoms with Crippen LogP contribution in [0.3, 0.4) is 0 Å². The number of hydrogen-bond donors (Lipinski definition) is 1. The number of hydrogen-bond acceptors (Lipinski definition) is 4. The number of esters is 1. The molecule has 1 N–H and O–H groups in total. The number of carbonyl (C=O) groups is 2. The summed E-state index contributed by atoms with van der Waals surface area (Å²) in [6.45, 7) is 2.42. The lowest BCUT2D eigenvalue weighted by atomic mass is 10.2. The molecule has 25 heavy (non-hydrogen) atoms. The molecule has 130 valence electrons. The minimum Gasteiger partial charge on any atom is -0.493 e. The van der Waals surface area contributed by atoms with Crippen LogP contribution in [0, 0.1) is 0 Å². The molecular weight excluding hydrogens is 318 g/mol. The first kappa shape index (κ1) is 18.3. The van der Waals surface area contributed by atoms with E-state index in [9.17, 15) is 9.59 Å². The van der Waals surface area contributed by atoms with Gasteiger partial charge in [0.2, 0.25) is 5.91 Å². The van der Waals surface area contributed by atoms with Gasteiger partial charge < -0.3 is 14.8 Å². The summed E-state index contributed by atoms with van der Waals surface area (Å²) >= 11 is 0. The van der Waals surface area contributed by atoms with E-state index >= 15 is 0 Å². The van der Waals surface area contributed by atoms with Gasteiger partial charge in [0.15, 0.2) is 0 Å². The first-order valence-corrected chi connectivity index (χ1v) is 8.10. The van der Waals surface area contributed by atoms with Crippen molar-refractivity contribution in [2.75, 3.05) is 18.5 Å². The standard InChI is InChI=1S/C20H21NO4/c1-2-24-20(23)13-10-16-8-11-17(12-9-16)21-19(22)14-15-25-18-6-4-3-5-7-18/h3-13H,2,14-15H2,1H3,(H,21,22)/b13-10+. The van der Waals surface area contributed by atoms with E-state index in [0.717, 1.165) is 11.3 Å². The van der Waals surface area contributed by atoms with Crippen molar-refractivity contribution < 1.29 is 19.1 Å². The maximum absolute atomic E-state index is 11.9. The monoisotopic (exact) mass is 339 g/mol. The Labute approximate surface area is 147 Å². The first-order valence-electron chi connectivity index (χ1n) is 8.10. The normalized spacial score (nSPS) is 10.4. The highest BCUT2D eigenvalue weighted by molar-refractivity contribution is 5.91. The highest BCUT2D eigenvalue weighted by Crippen LogP contribution is 2.12. The fourth-order valence-electron chi connectivity index (χ4n) is 2.03. The Morgan fingerprint density at radius 1 is 1.04 bits per heavy atom. The summed E-state index contributed by atoms with van der Waals surface area (Å²) in [7, 11) is 0. The summed E-state index contributed by atoms with van der Waals surface area (Å²) < 4.78 is 10.3. The molecule has 2 aromatic carbocycles. The van der Waals surface area contributed by atoms with E-state index in [2.05, 4.69) is 5.32 Å². The SMILES string of the molecule is CCOC(=O)/C=C/c1ccc(NC(=O)CCOc2ccccc2)cc1. The van der Waals surface area contributed by atoms with Crippen LogP contribution in [-0.4, -0.2) is 25.1 Å². The van der Waals surface area contributed by atoms with E-state index in [1.807, 2.05) is 42.5 Å². The van der Waals surface area contributed by atoms with Gasteiger partial charge in [-0.15, -0.1) is 0 Å². The summed E-state index contributed by atoms with van der Waals surface area (Å²) in [5.74, 6) is 0.247. The van der Waals surface area contributed by atoms with E-state index in [4.69, 9.17) is 9.47 Å². The van der Waals surface area contributed by atoms with Crippen LogP contribution in [0.4, 0.5) is 5.69 Å². The molecule has 0 aliphatic heterocycles. The first-order chi connectivity index (χ1) is 12.2. The van der Waals surface area contributed by atoms with Crippen LogP contribution < -0.4 is 10.1 Å². The number of amides is 1. The van der Waals surface area contributed by atoms with E-state index in [-0.39, 0.29) is 18.3 Å². The topological polar surface area (TPSA) is 64.6 Å². The molecule has 2 aromatic rings. The van der Waals surface area contributed by atoms with E-state index in [1.165, 1.54) is 6.08 Å². The third kappa shape index (κ3) is 6.91. The summed E-state index contributed by atoms with van der Waals surface area (Å²) in [6, 6.07) is 16.5. The number of anilines is 1. The lowest BCUT2D eigenvalue weighted by Crippen LogP contribution is -2.15. The van der Waals surface area contributed by atoms with Crippen molar-refractivity contribution in [3.8, 4) is 5.75 Å². The molecule has 0 saturated carbocycles. The Balaban J connectivity index is 1.76. The molecule has 0 aromatic heterocycles. The lowest BCUT2D eigenvalue weighted by molar-refractivity contribution is -0.137. The summed E-state index contributed by atoms with van der Waals surface area (Å²) in [4.78, 5) is 23.2. The number of para-hydroxylation sites is 1. The van der Waals surface area contributed by atoms with Gasteiger partial charge in [0.25, 0.3) is 0 Å². The predicted molar refractivity (Wildman–Crippen MR) is 97.3 cm³/mol. The summed E-state index contributed by atoms with van der Waals surface area (Å²) in [5.41, 5.74) is 1.54. The molecule has 0 fully saturated rings. The number of benzene rings is 2. The lowest BCUT2D eigenvalue weighted by Gasteiger charge is -2.07. The van der Waals surface area contributed by atoms with Crippen LogP contribution >= 0.6 is 0 Å². The molecule has 0 aliphatic carbocycles. The predicted octanol–water partition coefficient (Wildman–Crippen LogP) is 3.67. The number of nitrogens with one attached hydrogen (secondary N) is 1. The molecule has 0 atom stereocenters. The maximum atomic E-state index is 11.9. The Hall–Kier alpha value is -3.08. The van der Waals surface area contributed by atoms with Crippen LogP contribution in [-0.2, 0) is 14.3 Å². The second-order valence-corrected chi connectivity index (χ2v) is 5.17. The van der Waals surface area contributed by atoms with Crippen molar-refractivity contribution in [1.82, 2.24) is 0 Å². The maximum Gasteiger partial charge on any atom is 0.330 e. The molecule has 0 radical (unpaired) electrons. The summed E-state index contributed by atoms with van der Waals surface area (Å²) in [6.07, 6.45) is 3.30. The second kappa shape index (κ2) is 9.93. The van der Waals surface area contributed by atoms with Gasteiger partial charge in [-0.2, -0.15) is 0 Å². The highest BCUT2D eigenvalue weighted by Gasteiger charge is 2.03. The zero-order valence-electron chi connectivity index (χ0n) is 14.1. The van der Waals surface area contributed by atoms with Crippen molar-refractivity contribution in [2.24, 2.45) is 0 Å². The number of carbonyl (C=O) groups excluding carboxylic acids is 2. The molecule has 1 amide bonds. The summed E-state index contributed by atoms with van der Waals surface area (Å²) in [5, 5.41) is 2.81. The molecule has 2 rings (SSSR count). The Morgan fingerprint density at radius 3 is 2.44 bits per heavy atom. The van der Waals surface area contributed by atoms with Crippen LogP contribution in [0.5, 0.6) is 5.75 Å². The van der Waals surface area contributed by atoms with Gasteiger partial charge in [0, 0.05) is 11.8 Å². The van der Waals surface area contributed by atoms with Crippen LogP contribution in [0.2, 0.25) is 0 Å². The molecule has 5 nitrogen and oxygen atoms in total. The van der Waals surface area contributed by atoms with Crippen molar-refractivity contribution in [3.63, 3.8) is 0 Å². The van der Waals surface area contributed by atoms with Gasteiger partial charge in [-0.1, -0.05) is 30.3 Å². The Bertz CT molecular complexity index is 708. The molecule has 0 aliphatic rings. The van der Waals surface area contributed by atoms with Gasteiger partial charge in [-0.05, 0) is 42.8 Å². The van der Waals surface area contributed by atoms with Crippen molar-refractivity contribution >= 4 is 23.6 Å². The fourth-order valence-corrected chi connectivity index (χ4v) is 2.03. The number of ether oxygens (including phenoxy) is 2. The zero-order valence-corrected chi connectivity index (χ0v) is 14.1. The fraction of sp³-hybridized carbons (Fsp3) is 0.200. The largest absolute Gasteiger partial charge is 0.493 e. The third-order valence-corrected chi connectivity index (χ3v) is 3.23. The molecule has 0 saturated heterocycles. The minimum atomic E-state index is -0.377. The average Bonchev–Trinajstić information content (AvgIpc) is 2.62. The highest BCUT2D eigenvalue weighted by atomic mass is 16.5. The van der Waals surface area contributed by atoms with Gasteiger partial charge in [-0.3, -0.25) is 4.79 Å². The Kier molecular flexibility index (Phi) is 7.25. The van der Waals surface area contributed by atoms with E-state index in [1.54, 1.807) is 25.1 Å². The van der Waals surface area contributed by atoms with E-state index < -0.39 is 0 Å². The number of rotatable bonds is 8. The quantitative estimate of drug-likeness (QED) is 0.589. The molecular formula is C20H21NO4. The van der Waals surface area contributed by atoms with E-state index in [0.29, 0.717) is 18.9 Å². The molecule has 0 unspecified atom stereocenters. The van der Waals surface area contributed by atoms with Gasteiger partial charge >= 0.3 is 5.97 Å². The average molecular weight is 339 g/mol. The molecule has 5 heteroatoms. The van der Waals surface area contributed by atoms with Crippen molar-refractivity contribution in [1.29, 1.82) is 0 Å². The van der Waals surface area contributed by atoms with Crippen molar-refractivity contribution in [2.45, 2.75) is 13.3 Å². The van der Waals surface area contributed by atoms with Crippen LogP contribution in [0.15, 0.2) is 60.7 Å². The van der Waals surface area contributed by atoms with Crippen LogP contribution in [0.25, 0.3) is 6.08 Å². The smallest absolute Gasteiger partial charge is 0.330 e. The van der Waals surface area contributed by atoms with Crippen LogP contribution in [0.1, 0.15) is 18.9 Å². The Morgan fingerprint density at radius 2 is 1.76 bits per heavy atom. The third-order valence-electron chi connectivity index (χ3n) is 3.23. The van der Waals surface area contributed by atoms with Gasteiger partial charge in [0.1, 0.15) is 5.75 Å². The molecule has 0 bridgehead atoms. The second-order valence-electron chi connectivity index (χ2n) is 5.17. The minimum absolute atomic E-state index is 0.120. The van der Waals surface area contributed by atoms with Crippen molar-refractivity contribution in [3.05, 3.63) is 66.2 Å². The van der Waals surface area contributed by atoms with Gasteiger partial charge in [0.05, 0.1) is 19.6 Å². The van der Waals surface area contributed by atoms with Gasteiger partial charge in [-0.25, -0.2) is 4.79 Å².